The molecule has 3 heterocycles. The van der Waals surface area contributed by atoms with Crippen molar-refractivity contribution in [1.82, 2.24) is 14.5 Å². The molecule has 32 heavy (non-hydrogen) atoms. The summed E-state index contributed by atoms with van der Waals surface area (Å²) in [6.45, 7) is 2.14. The highest BCUT2D eigenvalue weighted by atomic mass is 19.1. The summed E-state index contributed by atoms with van der Waals surface area (Å²) in [7, 11) is 0. The number of hydrogen-bond acceptors (Lipinski definition) is 5. The van der Waals surface area contributed by atoms with E-state index >= 15 is 0 Å². The van der Waals surface area contributed by atoms with Crippen LogP contribution in [-0.2, 0) is 10.6 Å². The minimum atomic E-state index is -1.20. The Balaban J connectivity index is 1.45. The monoisotopic (exact) mass is 436 g/mol. The number of aromatic nitrogens is 2. The van der Waals surface area contributed by atoms with Crippen LogP contribution in [0.25, 0.3) is 11.8 Å². The smallest absolute Gasteiger partial charge is 0.260 e. The number of aliphatic hydroxyl groups excluding tert-OH is 1. The van der Waals surface area contributed by atoms with E-state index in [-0.39, 0.29) is 18.2 Å². The van der Waals surface area contributed by atoms with E-state index in [1.54, 1.807) is 35.3 Å². The van der Waals surface area contributed by atoms with Crippen LogP contribution in [0.15, 0.2) is 65.7 Å². The molecule has 2 aromatic carbocycles. The summed E-state index contributed by atoms with van der Waals surface area (Å²) in [5.41, 5.74) is 2.25. The Morgan fingerprint density at radius 2 is 2.00 bits per heavy atom. The lowest BCUT2D eigenvalue weighted by molar-refractivity contribution is -0.137. The lowest BCUT2D eigenvalue weighted by atomic mass is 9.95. The summed E-state index contributed by atoms with van der Waals surface area (Å²) >= 11 is 0. The van der Waals surface area contributed by atoms with Crippen molar-refractivity contribution in [3.8, 4) is 5.69 Å². The number of hydrogen-bond donors (Lipinski definition) is 1. The van der Waals surface area contributed by atoms with Gasteiger partial charge in [0.15, 0.2) is 5.84 Å². The molecule has 1 unspecified atom stereocenters. The largest absolute Gasteiger partial charge is 0.390 e. The van der Waals surface area contributed by atoms with Crippen LogP contribution >= 0.6 is 0 Å². The van der Waals surface area contributed by atoms with Gasteiger partial charge in [0.25, 0.3) is 5.72 Å². The molecule has 2 aliphatic heterocycles. The van der Waals surface area contributed by atoms with E-state index in [0.717, 1.165) is 24.1 Å². The number of amidine groups is 1. The molecular weight excluding hydrogens is 414 g/mol. The Morgan fingerprint density at radius 1 is 1.19 bits per heavy atom. The Hall–Kier alpha value is -3.52. The van der Waals surface area contributed by atoms with Gasteiger partial charge in [-0.05, 0) is 73.4 Å². The van der Waals surface area contributed by atoms with Gasteiger partial charge in [0.1, 0.15) is 18.2 Å². The second-order valence-electron chi connectivity index (χ2n) is 8.01. The number of imidazole rings is 1. The molecule has 0 bridgehead atoms. The van der Waals surface area contributed by atoms with Gasteiger partial charge in [-0.15, -0.1) is 0 Å². The number of fused-ring (bicyclic) bond motifs is 1. The van der Waals surface area contributed by atoms with E-state index in [1.807, 2.05) is 24.0 Å². The van der Waals surface area contributed by atoms with Crippen molar-refractivity contribution in [2.45, 2.75) is 25.5 Å². The van der Waals surface area contributed by atoms with Crippen LogP contribution in [0.2, 0.25) is 0 Å². The van der Waals surface area contributed by atoms with Gasteiger partial charge in [0.2, 0.25) is 0 Å². The van der Waals surface area contributed by atoms with E-state index in [2.05, 4.69) is 10.1 Å². The molecule has 1 saturated heterocycles. The number of oxime groups is 1. The van der Waals surface area contributed by atoms with Gasteiger partial charge < -0.3 is 19.4 Å². The third kappa shape index (κ3) is 3.36. The summed E-state index contributed by atoms with van der Waals surface area (Å²) in [5, 5.41) is 14.5. The van der Waals surface area contributed by atoms with Crippen molar-refractivity contribution in [1.29, 1.82) is 0 Å². The molecule has 1 aromatic heterocycles. The van der Waals surface area contributed by atoms with Gasteiger partial charge in [-0.3, -0.25) is 0 Å². The first-order valence-corrected chi connectivity index (χ1v) is 10.4. The second kappa shape index (κ2) is 7.87. The first-order valence-electron chi connectivity index (χ1n) is 10.4. The fourth-order valence-corrected chi connectivity index (χ4v) is 4.28. The zero-order valence-corrected chi connectivity index (χ0v) is 17.5. The first kappa shape index (κ1) is 20.4. The summed E-state index contributed by atoms with van der Waals surface area (Å²) < 4.78 is 29.9. The number of aryl methyl sites for hydroxylation is 1. The van der Waals surface area contributed by atoms with E-state index in [4.69, 9.17) is 4.84 Å². The fourth-order valence-electron chi connectivity index (χ4n) is 4.28. The van der Waals surface area contributed by atoms with Crippen molar-refractivity contribution in [3.05, 3.63) is 89.0 Å². The molecule has 1 fully saturated rings. The molecule has 0 radical (unpaired) electrons. The van der Waals surface area contributed by atoms with E-state index in [0.29, 0.717) is 29.2 Å². The number of nitrogens with zero attached hydrogens (tertiary/aromatic N) is 4. The van der Waals surface area contributed by atoms with E-state index < -0.39 is 5.72 Å². The second-order valence-corrected chi connectivity index (χ2v) is 8.01. The highest BCUT2D eigenvalue weighted by Crippen LogP contribution is 2.40. The van der Waals surface area contributed by atoms with Gasteiger partial charge in [-0.25, -0.2) is 13.8 Å². The zero-order valence-electron chi connectivity index (χ0n) is 17.5. The van der Waals surface area contributed by atoms with Crippen molar-refractivity contribution >= 4 is 11.9 Å². The molecule has 6 nitrogen and oxygen atoms in total. The maximum Gasteiger partial charge on any atom is 0.260 e. The number of piperidine rings is 1. The molecule has 164 valence electrons. The zero-order chi connectivity index (χ0) is 22.3. The minimum absolute atomic E-state index is 0.341. The normalized spacial score (nSPS) is 21.4. The summed E-state index contributed by atoms with van der Waals surface area (Å²) in [6, 6.07) is 10.9. The van der Waals surface area contributed by atoms with Crippen LogP contribution < -0.4 is 0 Å². The Labute approximate surface area is 184 Å². The van der Waals surface area contributed by atoms with Crippen LogP contribution in [0.4, 0.5) is 8.78 Å². The van der Waals surface area contributed by atoms with Gasteiger partial charge in [-0.2, -0.15) is 0 Å². The van der Waals surface area contributed by atoms with Crippen molar-refractivity contribution in [2.75, 3.05) is 13.2 Å². The molecule has 5 rings (SSSR count). The van der Waals surface area contributed by atoms with Crippen LogP contribution in [0.3, 0.4) is 0 Å². The summed E-state index contributed by atoms with van der Waals surface area (Å²) in [5.74, 6) is -0.120. The minimum Gasteiger partial charge on any atom is -0.390 e. The van der Waals surface area contributed by atoms with Crippen molar-refractivity contribution in [3.63, 3.8) is 0 Å². The third-order valence-electron chi connectivity index (χ3n) is 5.90. The standard InChI is InChI=1S/C24H22F2N4O2/c1-16-13-29(15-27-16)22-9-4-17(12-21(22)26)11-18-3-2-10-30-23(18)28-32-24(30,14-31)19-5-7-20(25)8-6-19/h4-9,11-13,15,31H,2-3,10,14H2,1H3/b18-11+. The predicted molar refractivity (Wildman–Crippen MR) is 116 cm³/mol. The molecule has 8 heteroatoms. The topological polar surface area (TPSA) is 62.9 Å². The SMILES string of the molecule is Cc1cn(-c2ccc(/C=C3\CCCN4C3=NOC4(CO)c3ccc(F)cc3)cc2F)cn1. The molecular formula is C24H22F2N4O2. The summed E-state index contributed by atoms with van der Waals surface area (Å²) in [4.78, 5) is 11.8. The van der Waals surface area contributed by atoms with Gasteiger partial charge in [0.05, 0.1) is 17.7 Å². The van der Waals surface area contributed by atoms with Gasteiger partial charge >= 0.3 is 0 Å². The van der Waals surface area contributed by atoms with Gasteiger partial charge in [0, 0.05) is 18.3 Å². The predicted octanol–water partition coefficient (Wildman–Crippen LogP) is 4.13. The number of benzene rings is 2. The number of aliphatic hydroxyl groups is 1. The molecule has 0 saturated carbocycles. The van der Waals surface area contributed by atoms with Crippen LogP contribution in [0.1, 0.15) is 29.7 Å². The Kier molecular flexibility index (Phi) is 5.01. The average Bonchev–Trinajstić information content (AvgIpc) is 3.39. The van der Waals surface area contributed by atoms with E-state index in [1.165, 1.54) is 18.2 Å². The maximum absolute atomic E-state index is 14.8. The first-order chi connectivity index (χ1) is 15.5. The molecule has 2 aliphatic rings. The third-order valence-corrected chi connectivity index (χ3v) is 5.90. The highest BCUT2D eigenvalue weighted by molar-refractivity contribution is 6.03. The average molecular weight is 436 g/mol. The molecule has 0 aliphatic carbocycles. The van der Waals surface area contributed by atoms with E-state index in [9.17, 15) is 13.9 Å². The molecule has 0 amide bonds. The van der Waals surface area contributed by atoms with Crippen LogP contribution in [-0.4, -0.2) is 38.5 Å². The highest BCUT2D eigenvalue weighted by Gasteiger charge is 2.49. The Morgan fingerprint density at radius 3 is 2.69 bits per heavy atom. The number of rotatable bonds is 4. The fraction of sp³-hybridized carbons (Fsp3) is 0.250. The van der Waals surface area contributed by atoms with Crippen molar-refractivity contribution in [2.24, 2.45) is 5.16 Å². The number of halogens is 2. The van der Waals surface area contributed by atoms with Crippen LogP contribution in [0, 0.1) is 18.6 Å². The Bertz CT molecular complexity index is 1220. The van der Waals surface area contributed by atoms with Crippen molar-refractivity contribution < 1.29 is 18.7 Å². The molecule has 1 N–H and O–H groups in total. The lowest BCUT2D eigenvalue weighted by Crippen LogP contribution is -2.51. The maximum atomic E-state index is 14.8. The molecule has 1 atom stereocenters. The summed E-state index contributed by atoms with van der Waals surface area (Å²) in [6.07, 6.45) is 6.79. The van der Waals surface area contributed by atoms with Crippen LogP contribution in [0.5, 0.6) is 0 Å². The molecule has 3 aromatic rings. The van der Waals surface area contributed by atoms with Gasteiger partial charge in [-0.1, -0.05) is 11.2 Å². The molecule has 0 spiro atoms. The quantitative estimate of drug-likeness (QED) is 0.668. The lowest BCUT2D eigenvalue weighted by Gasteiger charge is -2.38.